The molecule has 0 atom stereocenters. The van der Waals surface area contributed by atoms with Crippen molar-refractivity contribution >= 4 is 32.7 Å². The van der Waals surface area contributed by atoms with Crippen LogP contribution in [0.1, 0.15) is 17.5 Å². The molecule has 18 heavy (non-hydrogen) atoms. The van der Waals surface area contributed by atoms with Crippen LogP contribution in [0.5, 0.6) is 0 Å². The second-order valence-electron chi connectivity index (χ2n) is 4.54. The van der Waals surface area contributed by atoms with Crippen LogP contribution < -0.4 is 0 Å². The summed E-state index contributed by atoms with van der Waals surface area (Å²) in [5, 5.41) is 0. The van der Waals surface area contributed by atoms with E-state index in [4.69, 9.17) is 4.55 Å². The molecular formula is C12H16INO3S. The summed E-state index contributed by atoms with van der Waals surface area (Å²) in [5.41, 5.74) is 2.75. The minimum absolute atomic E-state index is 0.150. The Labute approximate surface area is 121 Å². The molecule has 0 saturated heterocycles. The summed E-state index contributed by atoms with van der Waals surface area (Å²) in [4.78, 5) is 2.24. The summed E-state index contributed by atoms with van der Waals surface area (Å²) in [6.45, 7) is 2.54. The second-order valence-corrected chi connectivity index (χ2v) is 7.28. The molecule has 0 aromatic heterocycles. The van der Waals surface area contributed by atoms with E-state index in [1.54, 1.807) is 0 Å². The number of rotatable bonds is 4. The average molecular weight is 381 g/mol. The van der Waals surface area contributed by atoms with Gasteiger partial charge in [-0.2, -0.15) is 8.42 Å². The SMILES string of the molecule is O=S(=O)(O)CCCN1CCc2c(I)cccc2C1. The topological polar surface area (TPSA) is 57.6 Å². The van der Waals surface area contributed by atoms with Crippen LogP contribution in [0, 0.1) is 3.57 Å². The molecule has 1 heterocycles. The fourth-order valence-electron chi connectivity index (χ4n) is 2.28. The van der Waals surface area contributed by atoms with E-state index in [9.17, 15) is 8.42 Å². The number of benzene rings is 1. The summed E-state index contributed by atoms with van der Waals surface area (Å²) < 4.78 is 31.3. The van der Waals surface area contributed by atoms with Crippen LogP contribution in [0.3, 0.4) is 0 Å². The fourth-order valence-corrected chi connectivity index (χ4v) is 3.60. The molecule has 0 spiro atoms. The average Bonchev–Trinajstić information content (AvgIpc) is 2.27. The Balaban J connectivity index is 1.92. The number of fused-ring (bicyclic) bond motifs is 1. The minimum Gasteiger partial charge on any atom is -0.299 e. The molecule has 1 aliphatic rings. The second kappa shape index (κ2) is 5.85. The van der Waals surface area contributed by atoms with E-state index in [-0.39, 0.29) is 5.75 Å². The Bertz CT molecular complexity index is 530. The molecule has 100 valence electrons. The highest BCUT2D eigenvalue weighted by molar-refractivity contribution is 14.1. The molecule has 0 saturated carbocycles. The first-order chi connectivity index (χ1) is 8.46. The van der Waals surface area contributed by atoms with E-state index in [1.165, 1.54) is 14.7 Å². The first kappa shape index (κ1) is 14.2. The van der Waals surface area contributed by atoms with Gasteiger partial charge >= 0.3 is 0 Å². The third-order valence-corrected chi connectivity index (χ3v) is 4.98. The van der Waals surface area contributed by atoms with Gasteiger partial charge in [-0.25, -0.2) is 0 Å². The highest BCUT2D eigenvalue weighted by Crippen LogP contribution is 2.23. The normalized spacial score (nSPS) is 16.6. The Kier molecular flexibility index (Phi) is 4.63. The summed E-state index contributed by atoms with van der Waals surface area (Å²) in [6, 6.07) is 6.31. The lowest BCUT2D eigenvalue weighted by Gasteiger charge is -2.29. The Morgan fingerprint density at radius 1 is 1.39 bits per heavy atom. The summed E-state index contributed by atoms with van der Waals surface area (Å²) >= 11 is 2.36. The van der Waals surface area contributed by atoms with E-state index in [1.807, 2.05) is 0 Å². The number of halogens is 1. The Hall–Kier alpha value is -0.180. The molecule has 2 rings (SSSR count). The predicted octanol–water partition coefficient (Wildman–Crippen LogP) is 1.93. The van der Waals surface area contributed by atoms with Gasteiger partial charge in [-0.3, -0.25) is 9.45 Å². The lowest BCUT2D eigenvalue weighted by atomic mass is 10.00. The smallest absolute Gasteiger partial charge is 0.264 e. The minimum atomic E-state index is -3.82. The van der Waals surface area contributed by atoms with E-state index < -0.39 is 10.1 Å². The number of nitrogens with zero attached hydrogens (tertiary/aromatic N) is 1. The van der Waals surface area contributed by atoms with E-state index in [0.717, 1.165) is 19.5 Å². The molecule has 0 aliphatic carbocycles. The van der Waals surface area contributed by atoms with Gasteiger partial charge in [0.2, 0.25) is 0 Å². The maximum atomic E-state index is 10.7. The van der Waals surface area contributed by atoms with E-state index in [0.29, 0.717) is 13.0 Å². The third-order valence-electron chi connectivity index (χ3n) is 3.16. The van der Waals surface area contributed by atoms with Crippen molar-refractivity contribution in [3.8, 4) is 0 Å². The molecule has 0 bridgehead atoms. The zero-order valence-corrected chi connectivity index (χ0v) is 12.9. The van der Waals surface area contributed by atoms with Crippen LogP contribution >= 0.6 is 22.6 Å². The van der Waals surface area contributed by atoms with Crippen LogP contribution in [0.15, 0.2) is 18.2 Å². The van der Waals surface area contributed by atoms with Crippen molar-refractivity contribution in [2.45, 2.75) is 19.4 Å². The molecule has 1 aromatic rings. The van der Waals surface area contributed by atoms with Gasteiger partial charge < -0.3 is 0 Å². The molecule has 0 radical (unpaired) electrons. The van der Waals surface area contributed by atoms with Crippen LogP contribution in [-0.4, -0.2) is 36.7 Å². The van der Waals surface area contributed by atoms with Gasteiger partial charge in [0.15, 0.2) is 0 Å². The summed E-state index contributed by atoms with van der Waals surface area (Å²) in [6.07, 6.45) is 1.50. The highest BCUT2D eigenvalue weighted by Gasteiger charge is 2.18. The first-order valence-corrected chi connectivity index (χ1v) is 8.58. The quantitative estimate of drug-likeness (QED) is 0.640. The van der Waals surface area contributed by atoms with Crippen LogP contribution in [-0.2, 0) is 23.1 Å². The fraction of sp³-hybridized carbons (Fsp3) is 0.500. The van der Waals surface area contributed by atoms with Crippen LogP contribution in [0.2, 0.25) is 0 Å². The van der Waals surface area contributed by atoms with Gasteiger partial charge in [0.25, 0.3) is 10.1 Å². The van der Waals surface area contributed by atoms with E-state index in [2.05, 4.69) is 45.7 Å². The summed E-state index contributed by atoms with van der Waals surface area (Å²) in [5.74, 6) is -0.150. The number of hydrogen-bond acceptors (Lipinski definition) is 3. The molecule has 0 unspecified atom stereocenters. The van der Waals surface area contributed by atoms with Crippen molar-refractivity contribution in [3.05, 3.63) is 32.9 Å². The Morgan fingerprint density at radius 3 is 2.89 bits per heavy atom. The maximum absolute atomic E-state index is 10.7. The van der Waals surface area contributed by atoms with Gasteiger partial charge in [-0.15, -0.1) is 0 Å². The third kappa shape index (κ3) is 3.91. The lowest BCUT2D eigenvalue weighted by Crippen LogP contribution is -2.32. The zero-order chi connectivity index (χ0) is 13.2. The summed E-state index contributed by atoms with van der Waals surface area (Å²) in [7, 11) is -3.82. The van der Waals surface area contributed by atoms with E-state index >= 15 is 0 Å². The van der Waals surface area contributed by atoms with Crippen molar-refractivity contribution in [1.82, 2.24) is 4.90 Å². The standard InChI is InChI=1S/C12H16INO3S/c13-12-4-1-3-10-9-14(7-5-11(10)12)6-2-8-18(15,16)17/h1,3-4H,2,5-9H2,(H,15,16,17). The van der Waals surface area contributed by atoms with Crippen LogP contribution in [0.4, 0.5) is 0 Å². The Morgan fingerprint density at radius 2 is 2.17 bits per heavy atom. The maximum Gasteiger partial charge on any atom is 0.264 e. The monoisotopic (exact) mass is 381 g/mol. The highest BCUT2D eigenvalue weighted by atomic mass is 127. The molecule has 1 N–H and O–H groups in total. The predicted molar refractivity (Wildman–Crippen MR) is 79.2 cm³/mol. The van der Waals surface area contributed by atoms with Crippen molar-refractivity contribution in [1.29, 1.82) is 0 Å². The van der Waals surface area contributed by atoms with Crippen molar-refractivity contribution in [2.24, 2.45) is 0 Å². The first-order valence-electron chi connectivity index (χ1n) is 5.89. The van der Waals surface area contributed by atoms with Gasteiger partial charge in [-0.1, -0.05) is 12.1 Å². The number of hydrogen-bond donors (Lipinski definition) is 1. The van der Waals surface area contributed by atoms with Gasteiger partial charge in [0, 0.05) is 16.7 Å². The van der Waals surface area contributed by atoms with Crippen molar-refractivity contribution in [2.75, 3.05) is 18.8 Å². The molecular weight excluding hydrogens is 365 g/mol. The van der Waals surface area contributed by atoms with Gasteiger partial charge in [-0.05, 0) is 59.2 Å². The van der Waals surface area contributed by atoms with Crippen molar-refractivity contribution in [3.63, 3.8) is 0 Å². The van der Waals surface area contributed by atoms with Crippen molar-refractivity contribution < 1.29 is 13.0 Å². The van der Waals surface area contributed by atoms with Gasteiger partial charge in [0.1, 0.15) is 0 Å². The largest absolute Gasteiger partial charge is 0.299 e. The molecule has 6 heteroatoms. The van der Waals surface area contributed by atoms with Gasteiger partial charge in [0.05, 0.1) is 5.75 Å². The molecule has 4 nitrogen and oxygen atoms in total. The molecule has 0 fully saturated rings. The lowest BCUT2D eigenvalue weighted by molar-refractivity contribution is 0.254. The molecule has 0 amide bonds. The molecule has 1 aliphatic heterocycles. The molecule has 1 aromatic carbocycles. The zero-order valence-electron chi connectivity index (χ0n) is 9.97. The van der Waals surface area contributed by atoms with Crippen LogP contribution in [0.25, 0.3) is 0 Å².